The average Bonchev–Trinajstić information content (AvgIpc) is 2.05. The molecule has 64 valence electrons. The molecule has 0 aromatic rings. The first-order chi connectivity index (χ1) is 5.60. The van der Waals surface area contributed by atoms with Crippen molar-refractivity contribution in [2.45, 2.75) is 12.5 Å². The van der Waals surface area contributed by atoms with Crippen molar-refractivity contribution in [1.29, 1.82) is 5.26 Å². The van der Waals surface area contributed by atoms with Crippen LogP contribution in [-0.4, -0.2) is 24.5 Å². The lowest BCUT2D eigenvalue weighted by atomic mass is 9.97. The van der Waals surface area contributed by atoms with E-state index in [9.17, 15) is 0 Å². The van der Waals surface area contributed by atoms with Gasteiger partial charge in [-0.25, -0.2) is 0 Å². The molecule has 1 atom stereocenters. The van der Waals surface area contributed by atoms with Gasteiger partial charge in [-0.2, -0.15) is 5.26 Å². The summed E-state index contributed by atoms with van der Waals surface area (Å²) >= 11 is 0. The second-order valence-electron chi connectivity index (χ2n) is 3.19. The van der Waals surface area contributed by atoms with Crippen LogP contribution in [0.2, 0.25) is 0 Å². The highest BCUT2D eigenvalue weighted by Gasteiger charge is 2.29. The Labute approximate surface area is 73.0 Å². The number of dihydropyridines is 1. The third-order valence-electron chi connectivity index (χ3n) is 1.94. The monoisotopic (exact) mass is 163 g/mol. The van der Waals surface area contributed by atoms with E-state index in [4.69, 9.17) is 5.26 Å². The fourth-order valence-electron chi connectivity index (χ4n) is 1.28. The number of allylic oxidation sites excluding steroid dienone is 2. The standard InChI is InChI=1S/C9H13N3/c1-9(7-10)8(12(2)3)5-4-6-11-9/h4-6,11H,1-3H3. The van der Waals surface area contributed by atoms with Crippen LogP contribution in [0.15, 0.2) is 24.0 Å². The van der Waals surface area contributed by atoms with E-state index in [2.05, 4.69) is 11.4 Å². The number of likely N-dealkylation sites (N-methyl/N-ethyl adjacent to an activating group) is 1. The molecule has 3 heteroatoms. The van der Waals surface area contributed by atoms with Crippen molar-refractivity contribution in [3.05, 3.63) is 24.0 Å². The molecule has 0 aromatic carbocycles. The fraction of sp³-hybridized carbons (Fsp3) is 0.444. The van der Waals surface area contributed by atoms with E-state index in [0.29, 0.717) is 0 Å². The highest BCUT2D eigenvalue weighted by molar-refractivity contribution is 5.34. The Morgan fingerprint density at radius 2 is 2.25 bits per heavy atom. The van der Waals surface area contributed by atoms with Crippen molar-refractivity contribution in [1.82, 2.24) is 10.2 Å². The zero-order valence-electron chi connectivity index (χ0n) is 7.63. The number of hydrogen-bond acceptors (Lipinski definition) is 3. The molecule has 0 saturated heterocycles. The molecule has 0 bridgehead atoms. The predicted octanol–water partition coefficient (Wildman–Crippen LogP) is 0.831. The normalized spacial score (nSPS) is 27.0. The van der Waals surface area contributed by atoms with Gasteiger partial charge in [-0.05, 0) is 25.3 Å². The molecule has 0 radical (unpaired) electrons. The molecule has 0 amide bonds. The molecule has 1 aliphatic heterocycles. The topological polar surface area (TPSA) is 39.1 Å². The maximum Gasteiger partial charge on any atom is 0.162 e. The summed E-state index contributed by atoms with van der Waals surface area (Å²) in [7, 11) is 3.87. The van der Waals surface area contributed by atoms with Crippen molar-refractivity contribution in [3.8, 4) is 6.07 Å². The fourth-order valence-corrected chi connectivity index (χ4v) is 1.28. The molecule has 0 fully saturated rings. The van der Waals surface area contributed by atoms with Gasteiger partial charge in [0, 0.05) is 14.1 Å². The quantitative estimate of drug-likeness (QED) is 0.622. The first-order valence-electron chi connectivity index (χ1n) is 3.84. The van der Waals surface area contributed by atoms with Gasteiger partial charge >= 0.3 is 0 Å². The maximum atomic E-state index is 8.96. The molecule has 0 saturated carbocycles. The minimum atomic E-state index is -0.585. The van der Waals surface area contributed by atoms with Gasteiger partial charge in [-0.1, -0.05) is 0 Å². The van der Waals surface area contributed by atoms with Gasteiger partial charge in [0.25, 0.3) is 0 Å². The van der Waals surface area contributed by atoms with Crippen LogP contribution in [-0.2, 0) is 0 Å². The molecule has 1 heterocycles. The van der Waals surface area contributed by atoms with E-state index in [0.717, 1.165) is 5.70 Å². The van der Waals surface area contributed by atoms with E-state index in [1.54, 1.807) is 6.20 Å². The highest BCUT2D eigenvalue weighted by Crippen LogP contribution is 2.20. The van der Waals surface area contributed by atoms with Crippen LogP contribution < -0.4 is 5.32 Å². The van der Waals surface area contributed by atoms with Gasteiger partial charge in [-0.3, -0.25) is 0 Å². The van der Waals surface area contributed by atoms with Gasteiger partial charge in [-0.15, -0.1) is 0 Å². The summed E-state index contributed by atoms with van der Waals surface area (Å²) in [4.78, 5) is 1.94. The Hall–Kier alpha value is -1.43. The summed E-state index contributed by atoms with van der Waals surface area (Å²) in [5, 5.41) is 12.0. The smallest absolute Gasteiger partial charge is 0.162 e. The molecule has 1 unspecified atom stereocenters. The third-order valence-corrected chi connectivity index (χ3v) is 1.94. The van der Waals surface area contributed by atoms with Crippen LogP contribution in [0.4, 0.5) is 0 Å². The number of rotatable bonds is 1. The Bertz CT molecular complexity index is 270. The largest absolute Gasteiger partial charge is 0.378 e. The van der Waals surface area contributed by atoms with Gasteiger partial charge in [0.2, 0.25) is 0 Å². The molecule has 1 N–H and O–H groups in total. The molecule has 0 spiro atoms. The average molecular weight is 163 g/mol. The van der Waals surface area contributed by atoms with Gasteiger partial charge < -0.3 is 10.2 Å². The molecule has 12 heavy (non-hydrogen) atoms. The predicted molar refractivity (Wildman–Crippen MR) is 48.1 cm³/mol. The van der Waals surface area contributed by atoms with Crippen LogP contribution in [0.1, 0.15) is 6.92 Å². The van der Waals surface area contributed by atoms with Gasteiger partial charge in [0.15, 0.2) is 5.54 Å². The number of nitrogens with zero attached hydrogens (tertiary/aromatic N) is 2. The van der Waals surface area contributed by atoms with E-state index < -0.39 is 5.54 Å². The summed E-state index contributed by atoms with van der Waals surface area (Å²) in [5.41, 5.74) is 0.394. The van der Waals surface area contributed by atoms with Gasteiger partial charge in [0.05, 0.1) is 11.8 Å². The summed E-state index contributed by atoms with van der Waals surface area (Å²) in [6.07, 6.45) is 5.63. The lowest BCUT2D eigenvalue weighted by Crippen LogP contribution is -2.45. The number of hydrogen-bond donors (Lipinski definition) is 1. The summed E-state index contributed by atoms with van der Waals surface area (Å²) in [5.74, 6) is 0. The maximum absolute atomic E-state index is 8.96. The number of nitriles is 1. The zero-order valence-corrected chi connectivity index (χ0v) is 7.63. The Kier molecular flexibility index (Phi) is 2.09. The van der Waals surface area contributed by atoms with Crippen molar-refractivity contribution in [3.63, 3.8) is 0 Å². The highest BCUT2D eigenvalue weighted by atomic mass is 15.1. The molecular weight excluding hydrogens is 150 g/mol. The molecule has 0 aromatic heterocycles. The van der Waals surface area contributed by atoms with E-state index >= 15 is 0 Å². The van der Waals surface area contributed by atoms with Crippen LogP contribution in [0, 0.1) is 11.3 Å². The second-order valence-corrected chi connectivity index (χ2v) is 3.19. The van der Waals surface area contributed by atoms with Crippen molar-refractivity contribution >= 4 is 0 Å². The minimum Gasteiger partial charge on any atom is -0.378 e. The molecule has 0 aliphatic carbocycles. The lowest BCUT2D eigenvalue weighted by Gasteiger charge is -2.32. The minimum absolute atomic E-state index is 0.585. The number of nitrogens with one attached hydrogen (secondary N) is 1. The summed E-state index contributed by atoms with van der Waals surface area (Å²) in [6.45, 7) is 1.86. The first-order valence-corrected chi connectivity index (χ1v) is 3.84. The molecule has 1 aliphatic rings. The Balaban J connectivity index is 3.01. The Morgan fingerprint density at radius 1 is 1.58 bits per heavy atom. The van der Waals surface area contributed by atoms with Crippen LogP contribution in [0.25, 0.3) is 0 Å². The van der Waals surface area contributed by atoms with Crippen molar-refractivity contribution < 1.29 is 0 Å². The third kappa shape index (κ3) is 1.28. The summed E-state index contributed by atoms with van der Waals surface area (Å²) < 4.78 is 0. The summed E-state index contributed by atoms with van der Waals surface area (Å²) in [6, 6.07) is 2.24. The first kappa shape index (κ1) is 8.66. The SMILES string of the molecule is CN(C)C1=CC=CNC1(C)C#N. The van der Waals surface area contributed by atoms with E-state index in [1.807, 2.05) is 38.1 Å². The molecule has 1 rings (SSSR count). The van der Waals surface area contributed by atoms with E-state index in [-0.39, 0.29) is 0 Å². The molecular formula is C9H13N3. The zero-order chi connectivity index (χ0) is 9.19. The van der Waals surface area contributed by atoms with Crippen LogP contribution in [0.3, 0.4) is 0 Å². The van der Waals surface area contributed by atoms with E-state index in [1.165, 1.54) is 0 Å². The second kappa shape index (κ2) is 2.90. The van der Waals surface area contributed by atoms with Crippen molar-refractivity contribution in [2.24, 2.45) is 0 Å². The van der Waals surface area contributed by atoms with Crippen molar-refractivity contribution in [2.75, 3.05) is 14.1 Å². The van der Waals surface area contributed by atoms with Gasteiger partial charge in [0.1, 0.15) is 0 Å². The molecule has 3 nitrogen and oxygen atoms in total. The lowest BCUT2D eigenvalue weighted by molar-refractivity contribution is 0.404. The van der Waals surface area contributed by atoms with Crippen LogP contribution in [0.5, 0.6) is 0 Å². The van der Waals surface area contributed by atoms with Crippen LogP contribution >= 0.6 is 0 Å². The Morgan fingerprint density at radius 3 is 2.67 bits per heavy atom.